The second-order valence-corrected chi connectivity index (χ2v) is 7.75. The van der Waals surface area contributed by atoms with Crippen molar-refractivity contribution in [2.75, 3.05) is 20.6 Å². The molecule has 5 nitrogen and oxygen atoms in total. The van der Waals surface area contributed by atoms with Crippen LogP contribution in [0.5, 0.6) is 0 Å². The summed E-state index contributed by atoms with van der Waals surface area (Å²) >= 11 is 0. The number of hydrogen-bond donors (Lipinski definition) is 1. The van der Waals surface area contributed by atoms with Crippen molar-refractivity contribution in [3.8, 4) is 0 Å². The highest BCUT2D eigenvalue weighted by Gasteiger charge is 2.23. The largest absolute Gasteiger partial charge is 0.358 e. The fraction of sp³-hybridized carbons (Fsp3) is 0.500. The maximum absolute atomic E-state index is 12.3. The summed E-state index contributed by atoms with van der Waals surface area (Å²) in [5.74, 6) is -0.345. The summed E-state index contributed by atoms with van der Waals surface area (Å²) in [4.78, 5) is 11.5. The molecule has 0 radical (unpaired) electrons. The standard InChI is InChI=1S/C14H22N2O3S/c1-14(2,3)11-6-8-12(9-7-11)20(18,19)16(5)10-13(17)15-4/h6-9H,10H2,1-5H3,(H,15,17). The van der Waals surface area contributed by atoms with Crippen LogP contribution in [0.25, 0.3) is 0 Å². The Morgan fingerprint density at radius 2 is 1.70 bits per heavy atom. The van der Waals surface area contributed by atoms with Crippen molar-refractivity contribution in [1.29, 1.82) is 0 Å². The summed E-state index contributed by atoms with van der Waals surface area (Å²) in [5, 5.41) is 2.40. The van der Waals surface area contributed by atoms with Gasteiger partial charge in [-0.3, -0.25) is 4.79 Å². The van der Waals surface area contributed by atoms with E-state index in [0.29, 0.717) is 0 Å². The van der Waals surface area contributed by atoms with Gasteiger partial charge in [0.05, 0.1) is 11.4 Å². The van der Waals surface area contributed by atoms with Crippen molar-refractivity contribution in [3.63, 3.8) is 0 Å². The second kappa shape index (κ2) is 5.93. The minimum Gasteiger partial charge on any atom is -0.358 e. The molecule has 1 N–H and O–H groups in total. The quantitative estimate of drug-likeness (QED) is 0.912. The predicted octanol–water partition coefficient (Wildman–Crippen LogP) is 1.35. The van der Waals surface area contributed by atoms with E-state index in [1.807, 2.05) is 0 Å². The number of benzene rings is 1. The molecule has 0 atom stereocenters. The monoisotopic (exact) mass is 298 g/mol. The topological polar surface area (TPSA) is 66.5 Å². The molecule has 0 aromatic heterocycles. The Labute approximate surface area is 121 Å². The third kappa shape index (κ3) is 3.80. The molecule has 0 unspecified atom stereocenters. The Hall–Kier alpha value is -1.40. The molecule has 0 saturated carbocycles. The van der Waals surface area contributed by atoms with E-state index in [1.165, 1.54) is 14.1 Å². The summed E-state index contributed by atoms with van der Waals surface area (Å²) in [6.07, 6.45) is 0. The van der Waals surface area contributed by atoms with Crippen molar-refractivity contribution in [2.24, 2.45) is 0 Å². The molecule has 0 fully saturated rings. The lowest BCUT2D eigenvalue weighted by Crippen LogP contribution is -2.36. The van der Waals surface area contributed by atoms with E-state index in [-0.39, 0.29) is 22.8 Å². The average molecular weight is 298 g/mol. The molecule has 0 bridgehead atoms. The highest BCUT2D eigenvalue weighted by Crippen LogP contribution is 2.24. The molecule has 0 spiro atoms. The minimum atomic E-state index is -3.63. The Bertz CT molecular complexity index is 571. The fourth-order valence-corrected chi connectivity index (χ4v) is 2.80. The van der Waals surface area contributed by atoms with Gasteiger partial charge in [-0.2, -0.15) is 4.31 Å². The zero-order valence-electron chi connectivity index (χ0n) is 12.6. The zero-order valence-corrected chi connectivity index (χ0v) is 13.4. The van der Waals surface area contributed by atoms with Crippen LogP contribution in [-0.4, -0.2) is 39.3 Å². The lowest BCUT2D eigenvalue weighted by Gasteiger charge is -2.20. The van der Waals surface area contributed by atoms with Crippen molar-refractivity contribution in [3.05, 3.63) is 29.8 Å². The Morgan fingerprint density at radius 1 is 1.20 bits per heavy atom. The van der Waals surface area contributed by atoms with E-state index in [2.05, 4.69) is 26.1 Å². The minimum absolute atomic E-state index is 0.0315. The summed E-state index contributed by atoms with van der Waals surface area (Å²) in [5.41, 5.74) is 1.03. The van der Waals surface area contributed by atoms with E-state index in [9.17, 15) is 13.2 Å². The fourth-order valence-electron chi connectivity index (χ4n) is 1.67. The van der Waals surface area contributed by atoms with Crippen LogP contribution in [0.2, 0.25) is 0 Å². The van der Waals surface area contributed by atoms with Crippen LogP contribution in [0.4, 0.5) is 0 Å². The second-order valence-electron chi connectivity index (χ2n) is 5.71. The van der Waals surface area contributed by atoms with E-state index in [0.717, 1.165) is 9.87 Å². The number of rotatable bonds is 4. The first-order chi connectivity index (χ1) is 9.09. The first-order valence-electron chi connectivity index (χ1n) is 6.36. The smallest absolute Gasteiger partial charge is 0.243 e. The number of sulfonamides is 1. The maximum atomic E-state index is 12.3. The van der Waals surface area contributed by atoms with Crippen LogP contribution in [-0.2, 0) is 20.2 Å². The molecule has 20 heavy (non-hydrogen) atoms. The van der Waals surface area contributed by atoms with E-state index >= 15 is 0 Å². The molecule has 0 aliphatic rings. The van der Waals surface area contributed by atoms with Gasteiger partial charge in [0, 0.05) is 14.1 Å². The number of nitrogens with one attached hydrogen (secondary N) is 1. The SMILES string of the molecule is CNC(=O)CN(C)S(=O)(=O)c1ccc(C(C)(C)C)cc1. The van der Waals surface area contributed by atoms with Gasteiger partial charge in [0.25, 0.3) is 0 Å². The molecular formula is C14H22N2O3S. The summed E-state index contributed by atoms with van der Waals surface area (Å²) in [7, 11) is -0.770. The highest BCUT2D eigenvalue weighted by atomic mass is 32.2. The van der Waals surface area contributed by atoms with E-state index < -0.39 is 10.0 Å². The highest BCUT2D eigenvalue weighted by molar-refractivity contribution is 7.89. The Kier molecular flexibility index (Phi) is 4.94. The molecule has 1 aromatic carbocycles. The van der Waals surface area contributed by atoms with Gasteiger partial charge in [0.15, 0.2) is 0 Å². The number of hydrogen-bond acceptors (Lipinski definition) is 3. The summed E-state index contributed by atoms with van der Waals surface area (Å²) in [6.45, 7) is 6.00. The molecule has 0 heterocycles. The lowest BCUT2D eigenvalue weighted by atomic mass is 9.87. The van der Waals surface area contributed by atoms with Crippen LogP contribution in [0.3, 0.4) is 0 Å². The molecule has 112 valence electrons. The number of carbonyl (C=O) groups is 1. The number of amides is 1. The Morgan fingerprint density at radius 3 is 2.10 bits per heavy atom. The predicted molar refractivity (Wildman–Crippen MR) is 79.0 cm³/mol. The van der Waals surface area contributed by atoms with Gasteiger partial charge < -0.3 is 5.32 Å². The van der Waals surface area contributed by atoms with E-state index in [1.54, 1.807) is 24.3 Å². The number of likely N-dealkylation sites (N-methyl/N-ethyl adjacent to an activating group) is 2. The van der Waals surface area contributed by atoms with E-state index in [4.69, 9.17) is 0 Å². The summed E-state index contributed by atoms with van der Waals surface area (Å²) in [6, 6.07) is 6.77. The van der Waals surface area contributed by atoms with Crippen LogP contribution in [0, 0.1) is 0 Å². The van der Waals surface area contributed by atoms with Gasteiger partial charge >= 0.3 is 0 Å². The molecular weight excluding hydrogens is 276 g/mol. The molecule has 6 heteroatoms. The third-order valence-electron chi connectivity index (χ3n) is 3.07. The van der Waals surface area contributed by atoms with Crippen molar-refractivity contribution in [1.82, 2.24) is 9.62 Å². The molecule has 1 aromatic rings. The van der Waals surface area contributed by atoms with Gasteiger partial charge in [-0.25, -0.2) is 8.42 Å². The molecule has 0 aliphatic heterocycles. The third-order valence-corrected chi connectivity index (χ3v) is 4.89. The summed E-state index contributed by atoms with van der Waals surface area (Å²) < 4.78 is 25.6. The molecule has 1 amide bonds. The van der Waals surface area contributed by atoms with Crippen LogP contribution >= 0.6 is 0 Å². The van der Waals surface area contributed by atoms with Gasteiger partial charge in [0.2, 0.25) is 15.9 Å². The van der Waals surface area contributed by atoms with Gasteiger partial charge in [-0.1, -0.05) is 32.9 Å². The molecule has 0 aliphatic carbocycles. The van der Waals surface area contributed by atoms with Gasteiger partial charge in [0.1, 0.15) is 0 Å². The average Bonchev–Trinajstić information content (AvgIpc) is 2.37. The normalized spacial score (nSPS) is 12.5. The maximum Gasteiger partial charge on any atom is 0.243 e. The van der Waals surface area contributed by atoms with Crippen LogP contribution in [0.1, 0.15) is 26.3 Å². The number of carbonyl (C=O) groups excluding carboxylic acids is 1. The van der Waals surface area contributed by atoms with Crippen molar-refractivity contribution < 1.29 is 13.2 Å². The first-order valence-corrected chi connectivity index (χ1v) is 7.80. The van der Waals surface area contributed by atoms with Crippen LogP contribution in [0.15, 0.2) is 29.2 Å². The zero-order chi connectivity index (χ0) is 15.6. The lowest BCUT2D eigenvalue weighted by molar-refractivity contribution is -0.120. The van der Waals surface area contributed by atoms with Gasteiger partial charge in [-0.05, 0) is 23.1 Å². The first kappa shape index (κ1) is 16.7. The van der Waals surface area contributed by atoms with Crippen LogP contribution < -0.4 is 5.32 Å². The Balaban J connectivity index is 3.02. The van der Waals surface area contributed by atoms with Gasteiger partial charge in [-0.15, -0.1) is 0 Å². The molecule has 1 rings (SSSR count). The molecule has 0 saturated heterocycles. The van der Waals surface area contributed by atoms with Crippen molar-refractivity contribution >= 4 is 15.9 Å². The number of nitrogens with zero attached hydrogens (tertiary/aromatic N) is 1. The van der Waals surface area contributed by atoms with Crippen molar-refractivity contribution in [2.45, 2.75) is 31.1 Å².